The van der Waals surface area contributed by atoms with Gasteiger partial charge in [-0.1, -0.05) is 60.7 Å². The molecule has 2 atom stereocenters. The fourth-order valence-electron chi connectivity index (χ4n) is 5.89. The lowest BCUT2D eigenvalue weighted by Gasteiger charge is -2.32. The number of hydrogen-bond donors (Lipinski definition) is 1. The van der Waals surface area contributed by atoms with Gasteiger partial charge in [0, 0.05) is 25.0 Å². The van der Waals surface area contributed by atoms with Gasteiger partial charge in [-0.25, -0.2) is 8.42 Å². The Morgan fingerprint density at radius 3 is 2.33 bits per heavy atom. The Morgan fingerprint density at radius 2 is 1.58 bits per heavy atom. The van der Waals surface area contributed by atoms with Crippen molar-refractivity contribution in [2.75, 3.05) is 30.5 Å². The van der Waals surface area contributed by atoms with Crippen molar-refractivity contribution in [2.24, 2.45) is 5.92 Å². The highest BCUT2D eigenvalue weighted by Gasteiger charge is 2.39. The molecule has 6 rings (SSSR count). The molecule has 0 radical (unpaired) electrons. The van der Waals surface area contributed by atoms with Crippen molar-refractivity contribution in [1.82, 2.24) is 10.2 Å². The number of fused-ring (bicyclic) bond motifs is 1. The first-order chi connectivity index (χ1) is 17.6. The van der Waals surface area contributed by atoms with Crippen LogP contribution < -0.4 is 9.62 Å². The van der Waals surface area contributed by atoms with Gasteiger partial charge in [-0.3, -0.25) is 9.21 Å². The van der Waals surface area contributed by atoms with Crippen LogP contribution in [-0.4, -0.2) is 45.5 Å². The predicted molar refractivity (Wildman–Crippen MR) is 145 cm³/mol. The summed E-state index contributed by atoms with van der Waals surface area (Å²) in [5.74, 6) is 1.31. The summed E-state index contributed by atoms with van der Waals surface area (Å²) in [6.45, 7) is 5.05. The molecule has 0 aromatic heterocycles. The number of hydrogen-bond acceptors (Lipinski definition) is 4. The lowest BCUT2D eigenvalue weighted by Crippen LogP contribution is -2.37. The van der Waals surface area contributed by atoms with Crippen LogP contribution in [0.15, 0.2) is 83.8 Å². The number of nitrogens with zero attached hydrogens (tertiary/aromatic N) is 2. The lowest BCUT2D eigenvalue weighted by molar-refractivity contribution is 0.175. The predicted octanol–water partition coefficient (Wildman–Crippen LogP) is 4.80. The van der Waals surface area contributed by atoms with Gasteiger partial charge in [0.25, 0.3) is 10.0 Å². The molecule has 0 bridgehead atoms. The Balaban J connectivity index is 1.00. The van der Waals surface area contributed by atoms with E-state index < -0.39 is 10.0 Å². The van der Waals surface area contributed by atoms with Crippen LogP contribution in [0, 0.1) is 5.92 Å². The van der Waals surface area contributed by atoms with Gasteiger partial charge in [0.1, 0.15) is 0 Å². The molecular weight excluding hydrogens is 466 g/mol. The van der Waals surface area contributed by atoms with E-state index >= 15 is 0 Å². The molecule has 2 heterocycles. The molecular formula is C30H35N3O2S. The average molecular weight is 502 g/mol. The van der Waals surface area contributed by atoms with Crippen molar-refractivity contribution < 1.29 is 8.42 Å². The molecule has 36 heavy (non-hydrogen) atoms. The summed E-state index contributed by atoms with van der Waals surface area (Å²) in [5.41, 5.74) is 4.76. The van der Waals surface area contributed by atoms with Gasteiger partial charge in [0.15, 0.2) is 0 Å². The number of likely N-dealkylation sites (tertiary alicyclic amines) is 1. The van der Waals surface area contributed by atoms with Gasteiger partial charge in [-0.05, 0) is 86.1 Å². The van der Waals surface area contributed by atoms with E-state index in [9.17, 15) is 8.42 Å². The molecule has 1 N–H and O–H groups in total. The van der Waals surface area contributed by atoms with Crippen molar-refractivity contribution in [2.45, 2.75) is 49.1 Å². The Bertz CT molecular complexity index is 1290. The maximum atomic E-state index is 13.1. The van der Waals surface area contributed by atoms with Gasteiger partial charge in [-0.15, -0.1) is 0 Å². The third-order valence-corrected chi connectivity index (χ3v) is 9.96. The smallest absolute Gasteiger partial charge is 0.264 e. The van der Waals surface area contributed by atoms with E-state index in [1.165, 1.54) is 43.5 Å². The van der Waals surface area contributed by atoms with Crippen LogP contribution in [0.1, 0.15) is 41.9 Å². The van der Waals surface area contributed by atoms with Crippen LogP contribution in [0.5, 0.6) is 0 Å². The van der Waals surface area contributed by atoms with Gasteiger partial charge < -0.3 is 5.32 Å². The molecule has 0 unspecified atom stereocenters. The summed E-state index contributed by atoms with van der Waals surface area (Å²) in [6, 6.07) is 26.5. The second kappa shape index (κ2) is 10.0. The van der Waals surface area contributed by atoms with Crippen LogP contribution >= 0.6 is 0 Å². The average Bonchev–Trinajstić information content (AvgIpc) is 3.57. The number of nitrogens with one attached hydrogen (secondary N) is 1. The third-order valence-electron chi connectivity index (χ3n) is 8.13. The Kier molecular flexibility index (Phi) is 6.59. The van der Waals surface area contributed by atoms with E-state index in [1.54, 1.807) is 28.6 Å². The maximum absolute atomic E-state index is 13.1. The first-order valence-electron chi connectivity index (χ1n) is 13.3. The monoisotopic (exact) mass is 501 g/mol. The minimum absolute atomic E-state index is 0.360. The Labute approximate surface area is 215 Å². The Hall–Kier alpha value is -2.67. The third kappa shape index (κ3) is 4.95. The molecule has 3 aromatic rings. The molecule has 188 valence electrons. The number of benzene rings is 3. The molecule has 2 fully saturated rings. The molecule has 1 aliphatic carbocycles. The van der Waals surface area contributed by atoms with Crippen LogP contribution in [0.4, 0.5) is 5.69 Å². The standard InChI is InChI=1S/C30H35N3O2S/c34-36(35,27-9-5-2-6-10-27)33-18-15-26-19-25(11-12-30(26)33)28-20-29(28)31-21-23-13-16-32(17-14-23)22-24-7-3-1-4-8-24/h1-12,19,23,28-29,31H,13-18,20-22H2/t28-,29+/m0/s1. The first-order valence-corrected chi connectivity index (χ1v) is 14.7. The second-order valence-electron chi connectivity index (χ2n) is 10.6. The molecule has 0 amide bonds. The highest BCUT2D eigenvalue weighted by molar-refractivity contribution is 7.92. The van der Waals surface area contributed by atoms with Gasteiger partial charge in [0.2, 0.25) is 0 Å². The number of anilines is 1. The zero-order valence-corrected chi connectivity index (χ0v) is 21.5. The molecule has 5 nitrogen and oxygen atoms in total. The topological polar surface area (TPSA) is 52.7 Å². The normalized spacial score (nSPS) is 22.5. The highest BCUT2D eigenvalue weighted by Crippen LogP contribution is 2.44. The summed E-state index contributed by atoms with van der Waals surface area (Å²) >= 11 is 0. The molecule has 3 aromatic carbocycles. The highest BCUT2D eigenvalue weighted by atomic mass is 32.2. The lowest BCUT2D eigenvalue weighted by atomic mass is 9.96. The van der Waals surface area contributed by atoms with Crippen molar-refractivity contribution >= 4 is 15.7 Å². The van der Waals surface area contributed by atoms with Gasteiger partial charge in [0.05, 0.1) is 10.6 Å². The van der Waals surface area contributed by atoms with E-state index in [-0.39, 0.29) is 0 Å². The summed E-state index contributed by atoms with van der Waals surface area (Å²) < 4.78 is 27.9. The molecule has 3 aliphatic rings. The SMILES string of the molecule is O=S(=O)(c1ccccc1)N1CCc2cc([C@@H]3C[C@H]3NCC3CCN(Cc4ccccc4)CC3)ccc21. The molecule has 1 saturated carbocycles. The molecule has 0 spiro atoms. The van der Waals surface area contributed by atoms with Crippen LogP contribution in [0.2, 0.25) is 0 Å². The number of rotatable bonds is 8. The number of piperidine rings is 1. The molecule has 1 saturated heterocycles. The van der Waals surface area contributed by atoms with E-state index in [1.807, 2.05) is 12.1 Å². The van der Waals surface area contributed by atoms with E-state index in [2.05, 4.69) is 52.7 Å². The molecule has 2 aliphatic heterocycles. The van der Waals surface area contributed by atoms with E-state index in [0.717, 1.165) is 36.7 Å². The quantitative estimate of drug-likeness (QED) is 0.482. The second-order valence-corrected chi connectivity index (χ2v) is 12.5. The molecule has 6 heteroatoms. The van der Waals surface area contributed by atoms with Crippen LogP contribution in [0.25, 0.3) is 0 Å². The Morgan fingerprint density at radius 1 is 0.861 bits per heavy atom. The minimum atomic E-state index is -3.51. The van der Waals surface area contributed by atoms with Crippen LogP contribution in [-0.2, 0) is 23.0 Å². The minimum Gasteiger partial charge on any atom is -0.313 e. The summed E-state index contributed by atoms with van der Waals surface area (Å²) in [6.07, 6.45) is 4.49. The summed E-state index contributed by atoms with van der Waals surface area (Å²) in [5, 5.41) is 3.84. The number of sulfonamides is 1. The van der Waals surface area contributed by atoms with Gasteiger partial charge >= 0.3 is 0 Å². The maximum Gasteiger partial charge on any atom is 0.264 e. The van der Waals surface area contributed by atoms with Crippen LogP contribution in [0.3, 0.4) is 0 Å². The zero-order valence-electron chi connectivity index (χ0n) is 20.7. The summed E-state index contributed by atoms with van der Waals surface area (Å²) in [7, 11) is -3.51. The van der Waals surface area contributed by atoms with E-state index in [0.29, 0.717) is 23.4 Å². The fraction of sp³-hybridized carbons (Fsp3) is 0.400. The zero-order chi connectivity index (χ0) is 24.5. The van der Waals surface area contributed by atoms with Crippen molar-refractivity contribution in [3.63, 3.8) is 0 Å². The van der Waals surface area contributed by atoms with E-state index in [4.69, 9.17) is 0 Å². The van der Waals surface area contributed by atoms with Gasteiger partial charge in [-0.2, -0.15) is 0 Å². The van der Waals surface area contributed by atoms with Crippen molar-refractivity contribution in [1.29, 1.82) is 0 Å². The first kappa shape index (κ1) is 23.7. The largest absolute Gasteiger partial charge is 0.313 e. The summed E-state index contributed by atoms with van der Waals surface area (Å²) in [4.78, 5) is 2.94. The fourth-order valence-corrected chi connectivity index (χ4v) is 7.41. The van der Waals surface area contributed by atoms with Crippen molar-refractivity contribution in [3.8, 4) is 0 Å². The van der Waals surface area contributed by atoms with Crippen molar-refractivity contribution in [3.05, 3.63) is 95.6 Å².